The Morgan fingerprint density at radius 2 is 2.05 bits per heavy atom. The lowest BCUT2D eigenvalue weighted by atomic mass is 10.1. The van der Waals surface area contributed by atoms with E-state index in [1.165, 1.54) is 6.26 Å². The third-order valence-corrected chi connectivity index (χ3v) is 5.64. The zero-order chi connectivity index (χ0) is 14.8. The molecule has 0 saturated heterocycles. The molecule has 0 saturated carbocycles. The van der Waals surface area contributed by atoms with E-state index in [0.717, 1.165) is 5.69 Å². The number of nitrogens with two attached hydrogens (primary N) is 1. The number of hydrogen-bond donors (Lipinski definition) is 2. The number of benzene rings is 1. The van der Waals surface area contributed by atoms with Crippen LogP contribution in [0.25, 0.3) is 0 Å². The first-order valence-electron chi connectivity index (χ1n) is 5.57. The number of nitrogens with one attached hydrogen (secondary N) is 1. The highest BCUT2D eigenvalue weighted by Gasteiger charge is 2.29. The average Bonchev–Trinajstić information content (AvgIpc) is 2.24. The van der Waals surface area contributed by atoms with Gasteiger partial charge in [-0.05, 0) is 32.0 Å². The van der Waals surface area contributed by atoms with Crippen LogP contribution < -0.4 is 11.1 Å². The Morgan fingerprint density at radius 3 is 2.47 bits per heavy atom. The summed E-state index contributed by atoms with van der Waals surface area (Å²) in [5.74, 6) is 0. The molecule has 0 aromatic heterocycles. The van der Waals surface area contributed by atoms with E-state index in [2.05, 4.69) is 5.32 Å². The molecule has 0 heterocycles. The lowest BCUT2D eigenvalue weighted by Crippen LogP contribution is -2.38. The van der Waals surface area contributed by atoms with Crippen molar-refractivity contribution < 1.29 is 8.42 Å². The first-order chi connectivity index (χ1) is 8.54. The van der Waals surface area contributed by atoms with Crippen LogP contribution in [-0.2, 0) is 9.84 Å². The van der Waals surface area contributed by atoms with E-state index in [4.69, 9.17) is 29.6 Å². The second-order valence-electron chi connectivity index (χ2n) is 4.94. The molecule has 3 N–H and O–H groups in total. The minimum Gasteiger partial charge on any atom is -0.389 e. The van der Waals surface area contributed by atoms with E-state index in [1.54, 1.807) is 32.0 Å². The second kappa shape index (κ2) is 5.64. The molecule has 0 spiro atoms. The van der Waals surface area contributed by atoms with Gasteiger partial charge in [0, 0.05) is 24.1 Å². The summed E-state index contributed by atoms with van der Waals surface area (Å²) in [7, 11) is -3.14. The van der Waals surface area contributed by atoms with Gasteiger partial charge in [-0.1, -0.05) is 23.8 Å². The number of anilines is 1. The Hall–Kier alpha value is -0.850. The zero-order valence-corrected chi connectivity index (χ0v) is 13.4. The van der Waals surface area contributed by atoms with Gasteiger partial charge in [-0.2, -0.15) is 0 Å². The second-order valence-corrected chi connectivity index (χ2v) is 8.44. The molecular weight excluding hydrogens is 304 g/mol. The van der Waals surface area contributed by atoms with Crippen molar-refractivity contribution in [3.63, 3.8) is 0 Å². The van der Waals surface area contributed by atoms with Crippen LogP contribution in [0.15, 0.2) is 18.2 Å². The summed E-state index contributed by atoms with van der Waals surface area (Å²) in [4.78, 5) is 0.230. The number of sulfone groups is 1. The Morgan fingerprint density at radius 1 is 1.47 bits per heavy atom. The molecule has 0 aliphatic rings. The normalized spacial score (nSPS) is 12.2. The highest BCUT2D eigenvalue weighted by atomic mass is 35.5. The van der Waals surface area contributed by atoms with Crippen molar-refractivity contribution in [2.75, 3.05) is 18.1 Å². The van der Waals surface area contributed by atoms with Gasteiger partial charge in [-0.3, -0.25) is 0 Å². The van der Waals surface area contributed by atoms with E-state index in [0.29, 0.717) is 10.6 Å². The van der Waals surface area contributed by atoms with Crippen molar-refractivity contribution in [1.82, 2.24) is 0 Å². The van der Waals surface area contributed by atoms with E-state index in [-0.39, 0.29) is 11.5 Å². The van der Waals surface area contributed by atoms with Crippen molar-refractivity contribution in [1.29, 1.82) is 0 Å². The van der Waals surface area contributed by atoms with Crippen LogP contribution in [0, 0.1) is 0 Å². The van der Waals surface area contributed by atoms with Gasteiger partial charge in [-0.25, -0.2) is 8.42 Å². The molecule has 19 heavy (non-hydrogen) atoms. The molecule has 1 rings (SSSR count). The smallest absolute Gasteiger partial charge is 0.154 e. The molecule has 1 aromatic rings. The summed E-state index contributed by atoms with van der Waals surface area (Å²) >= 11 is 10.9. The van der Waals surface area contributed by atoms with Crippen molar-refractivity contribution in [3.05, 3.63) is 28.8 Å². The molecule has 0 aliphatic heterocycles. The minimum absolute atomic E-state index is 0.230. The topological polar surface area (TPSA) is 72.2 Å². The molecule has 0 radical (unpaired) electrons. The maximum Gasteiger partial charge on any atom is 0.154 e. The monoisotopic (exact) mass is 320 g/mol. The van der Waals surface area contributed by atoms with Crippen LogP contribution in [0.3, 0.4) is 0 Å². The molecule has 0 bridgehead atoms. The largest absolute Gasteiger partial charge is 0.389 e. The molecule has 0 atom stereocenters. The van der Waals surface area contributed by atoms with Crippen molar-refractivity contribution >= 4 is 44.3 Å². The van der Waals surface area contributed by atoms with E-state index in [1.807, 2.05) is 0 Å². The van der Waals surface area contributed by atoms with E-state index >= 15 is 0 Å². The predicted molar refractivity (Wildman–Crippen MR) is 84.8 cm³/mol. The fraction of sp³-hybridized carbons (Fsp3) is 0.417. The third-order valence-electron chi connectivity index (χ3n) is 2.96. The summed E-state index contributed by atoms with van der Waals surface area (Å²) in [6, 6.07) is 5.15. The van der Waals surface area contributed by atoms with Crippen molar-refractivity contribution in [2.24, 2.45) is 5.73 Å². The van der Waals surface area contributed by atoms with E-state index < -0.39 is 14.6 Å². The Bertz CT molecular complexity index is 598. The summed E-state index contributed by atoms with van der Waals surface area (Å²) in [5.41, 5.74) is 6.84. The van der Waals surface area contributed by atoms with Crippen molar-refractivity contribution in [3.8, 4) is 0 Å². The third kappa shape index (κ3) is 4.06. The SMILES string of the molecule is CC(C)(CNc1ccc(C(N)=S)c(Cl)c1)S(C)(=O)=O. The minimum atomic E-state index is -3.14. The number of rotatable bonds is 5. The van der Waals surface area contributed by atoms with Crippen LogP contribution in [0.4, 0.5) is 5.69 Å². The van der Waals surface area contributed by atoms with Gasteiger partial charge >= 0.3 is 0 Å². The summed E-state index contributed by atoms with van der Waals surface area (Å²) in [5, 5.41) is 3.49. The van der Waals surface area contributed by atoms with Crippen LogP contribution in [0.1, 0.15) is 19.4 Å². The lowest BCUT2D eigenvalue weighted by Gasteiger charge is -2.23. The molecule has 106 valence electrons. The Kier molecular flexibility index (Phi) is 4.81. The van der Waals surface area contributed by atoms with Gasteiger partial charge < -0.3 is 11.1 Å². The molecule has 4 nitrogen and oxygen atoms in total. The summed E-state index contributed by atoms with van der Waals surface area (Å²) < 4.78 is 22.3. The summed E-state index contributed by atoms with van der Waals surface area (Å²) in [6.07, 6.45) is 1.22. The van der Waals surface area contributed by atoms with Crippen LogP contribution in [-0.4, -0.2) is 31.0 Å². The lowest BCUT2D eigenvalue weighted by molar-refractivity contribution is 0.560. The van der Waals surface area contributed by atoms with Gasteiger partial charge in [0.2, 0.25) is 0 Å². The van der Waals surface area contributed by atoms with E-state index in [9.17, 15) is 8.42 Å². The molecule has 0 fully saturated rings. The molecule has 7 heteroatoms. The van der Waals surface area contributed by atoms with Crippen LogP contribution >= 0.6 is 23.8 Å². The average molecular weight is 321 g/mol. The number of halogens is 1. The molecule has 0 amide bonds. The van der Waals surface area contributed by atoms with Gasteiger partial charge in [0.25, 0.3) is 0 Å². The van der Waals surface area contributed by atoms with Crippen molar-refractivity contribution in [2.45, 2.75) is 18.6 Å². The Balaban J connectivity index is 2.86. The Labute approximate surface area is 124 Å². The fourth-order valence-corrected chi connectivity index (χ4v) is 2.12. The number of thiocarbonyl (C=S) groups is 1. The summed E-state index contributed by atoms with van der Waals surface area (Å²) in [6.45, 7) is 3.62. The molecule has 0 unspecified atom stereocenters. The maximum absolute atomic E-state index is 11.6. The van der Waals surface area contributed by atoms with Gasteiger partial charge in [0.1, 0.15) is 4.99 Å². The van der Waals surface area contributed by atoms with Gasteiger partial charge in [0.05, 0.1) is 9.77 Å². The van der Waals surface area contributed by atoms with Crippen LogP contribution in [0.2, 0.25) is 5.02 Å². The number of hydrogen-bond acceptors (Lipinski definition) is 4. The first-order valence-corrected chi connectivity index (χ1v) is 8.25. The zero-order valence-electron chi connectivity index (χ0n) is 11.0. The molecular formula is C12H17ClN2O2S2. The first kappa shape index (κ1) is 16.2. The highest BCUT2D eigenvalue weighted by molar-refractivity contribution is 7.92. The van der Waals surface area contributed by atoms with Gasteiger partial charge in [-0.15, -0.1) is 0 Å². The maximum atomic E-state index is 11.6. The fourth-order valence-electron chi connectivity index (χ4n) is 1.27. The highest BCUT2D eigenvalue weighted by Crippen LogP contribution is 2.22. The quantitative estimate of drug-likeness (QED) is 0.814. The molecule has 1 aromatic carbocycles. The standard InChI is InChI=1S/C12H17ClN2O2S2/c1-12(2,19(3,16)17)7-15-8-4-5-9(11(14)18)10(13)6-8/h4-6,15H,7H2,1-3H3,(H2,14,18). The predicted octanol–water partition coefficient (Wildman–Crippen LogP) is 2.21. The van der Waals surface area contributed by atoms with Crippen LogP contribution in [0.5, 0.6) is 0 Å². The molecule has 0 aliphatic carbocycles. The van der Waals surface area contributed by atoms with Gasteiger partial charge in [0.15, 0.2) is 9.84 Å².